The van der Waals surface area contributed by atoms with E-state index in [2.05, 4.69) is 39.6 Å². The number of aliphatic imine (C=N–C) groups is 1. The number of benzene rings is 1. The molecule has 136 valence electrons. The number of likely N-dealkylation sites (tertiary alicyclic amines) is 1. The first-order chi connectivity index (χ1) is 12.7. The molecule has 0 bridgehead atoms. The van der Waals surface area contributed by atoms with Crippen molar-refractivity contribution in [1.82, 2.24) is 4.90 Å². The number of fused-ring (bicyclic) bond motifs is 1. The second-order valence-corrected chi connectivity index (χ2v) is 8.00. The average molecular weight is 367 g/mol. The quantitative estimate of drug-likeness (QED) is 0.639. The van der Waals surface area contributed by atoms with Crippen LogP contribution in [0.4, 0.5) is 11.4 Å². The summed E-state index contributed by atoms with van der Waals surface area (Å²) in [6.07, 6.45) is 4.71. The van der Waals surface area contributed by atoms with Gasteiger partial charge in [0, 0.05) is 24.5 Å². The molecule has 1 fully saturated rings. The van der Waals surface area contributed by atoms with Crippen LogP contribution in [0, 0.1) is 0 Å². The average Bonchev–Trinajstić information content (AvgIpc) is 3.35. The Kier molecular flexibility index (Phi) is 5.09. The summed E-state index contributed by atoms with van der Waals surface area (Å²) in [5.74, 6) is 0.589. The third-order valence-corrected chi connectivity index (χ3v) is 6.17. The summed E-state index contributed by atoms with van der Waals surface area (Å²) >= 11 is 1.62. The van der Waals surface area contributed by atoms with Crippen LogP contribution in [-0.2, 0) is 6.42 Å². The van der Waals surface area contributed by atoms with Crippen LogP contribution in [0.3, 0.4) is 0 Å². The van der Waals surface area contributed by atoms with Crippen molar-refractivity contribution < 1.29 is 0 Å². The lowest BCUT2D eigenvalue weighted by molar-refractivity contribution is 0.346. The highest BCUT2D eigenvalue weighted by atomic mass is 32.1. The maximum Gasteiger partial charge on any atom is 0.141 e. The van der Waals surface area contributed by atoms with Crippen molar-refractivity contribution in [3.63, 3.8) is 0 Å². The van der Waals surface area contributed by atoms with Gasteiger partial charge in [0.2, 0.25) is 0 Å². The third kappa shape index (κ3) is 3.69. The van der Waals surface area contributed by atoms with E-state index in [1.165, 1.54) is 42.9 Å². The number of nitrogens with two attached hydrogens (primary N) is 1. The SMILES string of the molecule is C=C1CCc2cc(N=C(N)c3cccs3)ccc2N1CCN1CCCC1. The molecule has 0 amide bonds. The molecule has 0 spiro atoms. The van der Waals surface area contributed by atoms with Crippen molar-refractivity contribution in [2.24, 2.45) is 10.7 Å². The summed E-state index contributed by atoms with van der Waals surface area (Å²) in [6.45, 7) is 8.92. The minimum Gasteiger partial charge on any atom is -0.383 e. The van der Waals surface area contributed by atoms with Crippen LogP contribution in [0.25, 0.3) is 0 Å². The monoisotopic (exact) mass is 366 g/mol. The number of allylic oxidation sites excluding steroid dienone is 1. The van der Waals surface area contributed by atoms with E-state index in [0.29, 0.717) is 5.84 Å². The first-order valence-electron chi connectivity index (χ1n) is 9.39. The number of thiophene rings is 1. The van der Waals surface area contributed by atoms with E-state index in [9.17, 15) is 0 Å². The van der Waals surface area contributed by atoms with E-state index in [0.717, 1.165) is 36.5 Å². The van der Waals surface area contributed by atoms with Gasteiger partial charge in [-0.15, -0.1) is 11.3 Å². The Morgan fingerprint density at radius 2 is 2.00 bits per heavy atom. The Labute approximate surface area is 159 Å². The van der Waals surface area contributed by atoms with Crippen molar-refractivity contribution in [3.05, 3.63) is 58.4 Å². The lowest BCUT2D eigenvalue weighted by Crippen LogP contribution is -2.35. The molecule has 2 aliphatic rings. The molecule has 4 rings (SSSR count). The second-order valence-electron chi connectivity index (χ2n) is 7.05. The Bertz CT molecular complexity index is 803. The van der Waals surface area contributed by atoms with E-state index in [1.807, 2.05) is 17.5 Å². The fraction of sp³-hybridized carbons (Fsp3) is 0.381. The van der Waals surface area contributed by atoms with Gasteiger partial charge >= 0.3 is 0 Å². The molecule has 2 N–H and O–H groups in total. The van der Waals surface area contributed by atoms with Crippen LogP contribution in [0.5, 0.6) is 0 Å². The summed E-state index contributed by atoms with van der Waals surface area (Å²) in [7, 11) is 0. The van der Waals surface area contributed by atoms with Gasteiger partial charge in [0.15, 0.2) is 0 Å². The molecular formula is C21H26N4S. The van der Waals surface area contributed by atoms with Gasteiger partial charge in [-0.3, -0.25) is 0 Å². The number of hydrogen-bond donors (Lipinski definition) is 1. The maximum atomic E-state index is 6.14. The summed E-state index contributed by atoms with van der Waals surface area (Å²) < 4.78 is 0. The van der Waals surface area contributed by atoms with Crippen molar-refractivity contribution in [2.45, 2.75) is 25.7 Å². The fourth-order valence-electron chi connectivity index (χ4n) is 3.83. The Morgan fingerprint density at radius 1 is 1.15 bits per heavy atom. The topological polar surface area (TPSA) is 44.9 Å². The third-order valence-electron chi connectivity index (χ3n) is 5.28. The van der Waals surface area contributed by atoms with E-state index in [4.69, 9.17) is 5.73 Å². The van der Waals surface area contributed by atoms with Crippen molar-refractivity contribution in [2.75, 3.05) is 31.1 Å². The van der Waals surface area contributed by atoms with E-state index in [-0.39, 0.29) is 0 Å². The van der Waals surface area contributed by atoms with Gasteiger partial charge in [-0.2, -0.15) is 0 Å². The van der Waals surface area contributed by atoms with Gasteiger partial charge in [-0.05, 0) is 74.0 Å². The molecule has 1 aromatic heterocycles. The van der Waals surface area contributed by atoms with Gasteiger partial charge in [-0.25, -0.2) is 4.99 Å². The lowest BCUT2D eigenvalue weighted by atomic mass is 9.99. The largest absolute Gasteiger partial charge is 0.383 e. The second kappa shape index (κ2) is 7.64. The Balaban J connectivity index is 1.53. The Morgan fingerprint density at radius 3 is 2.77 bits per heavy atom. The minimum absolute atomic E-state index is 0.589. The van der Waals surface area contributed by atoms with Crippen LogP contribution in [0.2, 0.25) is 0 Å². The molecule has 0 unspecified atom stereocenters. The van der Waals surface area contributed by atoms with Gasteiger partial charge < -0.3 is 15.5 Å². The Hall–Kier alpha value is -2.11. The van der Waals surface area contributed by atoms with Crippen molar-refractivity contribution in [1.29, 1.82) is 0 Å². The standard InChI is InChI=1S/C21H26N4S/c1-16-6-7-17-15-18(23-21(22)20-5-4-14-26-20)8-9-19(17)25(16)13-12-24-10-2-3-11-24/h4-5,8-9,14-15H,1-3,6-7,10-13H2,(H2,22,23). The molecule has 3 heterocycles. The predicted octanol–water partition coefficient (Wildman–Crippen LogP) is 4.15. The molecule has 1 saturated heterocycles. The number of aryl methyl sites for hydroxylation is 1. The van der Waals surface area contributed by atoms with Crippen molar-refractivity contribution >= 4 is 28.5 Å². The van der Waals surface area contributed by atoms with Gasteiger partial charge in [-0.1, -0.05) is 12.6 Å². The summed E-state index contributed by atoms with van der Waals surface area (Å²) in [4.78, 5) is 10.6. The summed E-state index contributed by atoms with van der Waals surface area (Å²) in [5.41, 5.74) is 10.9. The molecule has 0 radical (unpaired) electrons. The van der Waals surface area contributed by atoms with Gasteiger partial charge in [0.1, 0.15) is 5.84 Å². The highest BCUT2D eigenvalue weighted by Gasteiger charge is 2.21. The molecular weight excluding hydrogens is 340 g/mol. The normalized spacial score (nSPS) is 18.4. The number of rotatable bonds is 5. The van der Waals surface area contributed by atoms with Crippen LogP contribution in [-0.4, -0.2) is 36.9 Å². The van der Waals surface area contributed by atoms with E-state index in [1.54, 1.807) is 11.3 Å². The molecule has 4 nitrogen and oxygen atoms in total. The van der Waals surface area contributed by atoms with Crippen LogP contribution >= 0.6 is 11.3 Å². The van der Waals surface area contributed by atoms with E-state index >= 15 is 0 Å². The highest BCUT2D eigenvalue weighted by molar-refractivity contribution is 7.12. The molecule has 1 aromatic carbocycles. The number of hydrogen-bond acceptors (Lipinski definition) is 4. The molecule has 0 aliphatic carbocycles. The number of amidine groups is 1. The van der Waals surface area contributed by atoms with Crippen LogP contribution in [0.15, 0.2) is 53.0 Å². The molecule has 2 aliphatic heterocycles. The predicted molar refractivity (Wildman–Crippen MR) is 112 cm³/mol. The lowest BCUT2D eigenvalue weighted by Gasteiger charge is -2.34. The van der Waals surface area contributed by atoms with Gasteiger partial charge in [0.05, 0.1) is 10.6 Å². The first-order valence-corrected chi connectivity index (χ1v) is 10.3. The number of nitrogens with zero attached hydrogens (tertiary/aromatic N) is 3. The first kappa shape index (κ1) is 17.3. The van der Waals surface area contributed by atoms with Crippen LogP contribution < -0.4 is 10.6 Å². The zero-order valence-electron chi connectivity index (χ0n) is 15.2. The van der Waals surface area contributed by atoms with E-state index < -0.39 is 0 Å². The molecule has 26 heavy (non-hydrogen) atoms. The zero-order chi connectivity index (χ0) is 17.9. The summed E-state index contributed by atoms with van der Waals surface area (Å²) in [5, 5.41) is 2.02. The number of anilines is 1. The molecule has 0 saturated carbocycles. The van der Waals surface area contributed by atoms with Crippen molar-refractivity contribution in [3.8, 4) is 0 Å². The fourth-order valence-corrected chi connectivity index (χ4v) is 4.46. The highest BCUT2D eigenvalue weighted by Crippen LogP contribution is 2.34. The molecule has 2 aromatic rings. The minimum atomic E-state index is 0.589. The molecule has 5 heteroatoms. The zero-order valence-corrected chi connectivity index (χ0v) is 16.0. The molecule has 0 atom stereocenters. The maximum absolute atomic E-state index is 6.14. The summed E-state index contributed by atoms with van der Waals surface area (Å²) in [6, 6.07) is 10.4. The van der Waals surface area contributed by atoms with Crippen LogP contribution in [0.1, 0.15) is 29.7 Å². The van der Waals surface area contributed by atoms with Gasteiger partial charge in [0.25, 0.3) is 0 Å². The smallest absolute Gasteiger partial charge is 0.141 e.